The van der Waals surface area contributed by atoms with Gasteiger partial charge >= 0.3 is 0 Å². The van der Waals surface area contributed by atoms with Crippen molar-refractivity contribution in [3.8, 4) is 0 Å². The van der Waals surface area contributed by atoms with Gasteiger partial charge in [0.1, 0.15) is 5.82 Å². The normalized spacial score (nSPS) is 14.0. The van der Waals surface area contributed by atoms with Crippen molar-refractivity contribution in [2.75, 3.05) is 18.4 Å². The van der Waals surface area contributed by atoms with Crippen molar-refractivity contribution < 1.29 is 9.18 Å². The summed E-state index contributed by atoms with van der Waals surface area (Å²) in [6, 6.07) is 14.0. The van der Waals surface area contributed by atoms with Gasteiger partial charge in [0.25, 0.3) is 5.91 Å². The molecule has 1 amide bonds. The second kappa shape index (κ2) is 6.51. The highest BCUT2D eigenvalue weighted by molar-refractivity contribution is 6.08. The Morgan fingerprint density at radius 1 is 1.08 bits per heavy atom. The summed E-state index contributed by atoms with van der Waals surface area (Å²) in [5.74, 6) is -0.411. The van der Waals surface area contributed by atoms with Crippen LogP contribution in [0.2, 0.25) is 0 Å². The van der Waals surface area contributed by atoms with Crippen LogP contribution in [0.15, 0.2) is 54.7 Å². The third-order valence-corrected chi connectivity index (χ3v) is 4.50. The molecular weight excluding hydrogens is 317 g/mol. The first-order chi connectivity index (χ1) is 12.2. The van der Waals surface area contributed by atoms with Crippen molar-refractivity contribution >= 4 is 28.2 Å². The molecule has 1 fully saturated rings. The van der Waals surface area contributed by atoms with Crippen molar-refractivity contribution in [3.05, 3.63) is 66.1 Å². The third-order valence-electron chi connectivity index (χ3n) is 4.50. The molecule has 4 rings (SSSR count). The van der Waals surface area contributed by atoms with E-state index in [4.69, 9.17) is 0 Å². The highest BCUT2D eigenvalue weighted by Gasteiger charge is 2.24. The molecule has 25 heavy (non-hydrogen) atoms. The summed E-state index contributed by atoms with van der Waals surface area (Å²) >= 11 is 0. The lowest BCUT2D eigenvalue weighted by Crippen LogP contribution is -2.28. The van der Waals surface area contributed by atoms with Crippen molar-refractivity contribution in [2.45, 2.75) is 12.8 Å². The minimum Gasteiger partial charge on any atom is -0.354 e. The number of rotatable bonds is 3. The van der Waals surface area contributed by atoms with E-state index in [2.05, 4.69) is 10.3 Å². The molecule has 1 saturated heterocycles. The summed E-state index contributed by atoms with van der Waals surface area (Å²) in [4.78, 5) is 19.1. The fourth-order valence-electron chi connectivity index (χ4n) is 3.22. The molecule has 1 aliphatic rings. The highest BCUT2D eigenvalue weighted by Crippen LogP contribution is 2.31. The summed E-state index contributed by atoms with van der Waals surface area (Å²) in [6.45, 7) is 1.51. The Morgan fingerprint density at radius 2 is 1.84 bits per heavy atom. The zero-order valence-corrected chi connectivity index (χ0v) is 13.7. The molecule has 2 aromatic carbocycles. The molecule has 0 aliphatic carbocycles. The number of hydrogen-bond donors (Lipinski definition) is 1. The van der Waals surface area contributed by atoms with Crippen LogP contribution in [0.25, 0.3) is 10.9 Å². The van der Waals surface area contributed by atoms with E-state index in [0.717, 1.165) is 31.6 Å². The van der Waals surface area contributed by atoms with E-state index in [9.17, 15) is 9.18 Å². The monoisotopic (exact) mass is 335 g/mol. The maximum absolute atomic E-state index is 13.8. The van der Waals surface area contributed by atoms with Crippen LogP contribution in [0.1, 0.15) is 23.2 Å². The third kappa shape index (κ3) is 3.05. The van der Waals surface area contributed by atoms with E-state index in [-0.39, 0.29) is 11.7 Å². The van der Waals surface area contributed by atoms with Gasteiger partial charge in [-0.2, -0.15) is 0 Å². The van der Waals surface area contributed by atoms with Crippen molar-refractivity contribution in [1.82, 2.24) is 9.88 Å². The highest BCUT2D eigenvalue weighted by atomic mass is 19.1. The second-order valence-electron chi connectivity index (χ2n) is 6.20. The molecule has 0 bridgehead atoms. The summed E-state index contributed by atoms with van der Waals surface area (Å²) in [6.07, 6.45) is 3.62. The molecule has 1 N–H and O–H groups in total. The molecule has 0 atom stereocenters. The Kier molecular flexibility index (Phi) is 4.06. The summed E-state index contributed by atoms with van der Waals surface area (Å²) in [5.41, 5.74) is 2.57. The van der Waals surface area contributed by atoms with Gasteiger partial charge in [-0.1, -0.05) is 18.2 Å². The molecule has 1 aromatic heterocycles. The Hall–Kier alpha value is -2.95. The molecule has 3 aromatic rings. The topological polar surface area (TPSA) is 45.2 Å². The van der Waals surface area contributed by atoms with Crippen LogP contribution >= 0.6 is 0 Å². The average Bonchev–Trinajstić information content (AvgIpc) is 3.17. The molecular formula is C20H18FN3O. The van der Waals surface area contributed by atoms with Gasteiger partial charge in [-0.15, -0.1) is 0 Å². The van der Waals surface area contributed by atoms with E-state index in [1.54, 1.807) is 12.3 Å². The lowest BCUT2D eigenvalue weighted by molar-refractivity contribution is 0.0793. The molecule has 0 saturated carbocycles. The first kappa shape index (κ1) is 15.6. The van der Waals surface area contributed by atoms with Crippen LogP contribution < -0.4 is 5.32 Å². The van der Waals surface area contributed by atoms with E-state index in [1.807, 2.05) is 35.2 Å². The Balaban J connectivity index is 1.86. The van der Waals surface area contributed by atoms with Gasteiger partial charge in [-0.05, 0) is 43.2 Å². The number of pyridine rings is 1. The van der Waals surface area contributed by atoms with Crippen LogP contribution in [0.5, 0.6) is 0 Å². The van der Waals surface area contributed by atoms with Crippen molar-refractivity contribution in [1.29, 1.82) is 0 Å². The van der Waals surface area contributed by atoms with Gasteiger partial charge in [0.15, 0.2) is 0 Å². The number of benzene rings is 2. The number of carbonyl (C=O) groups is 1. The van der Waals surface area contributed by atoms with Crippen LogP contribution in [0, 0.1) is 5.82 Å². The quantitative estimate of drug-likeness (QED) is 0.774. The molecule has 1 aliphatic heterocycles. The fourth-order valence-corrected chi connectivity index (χ4v) is 3.22. The molecule has 4 nitrogen and oxygen atoms in total. The molecule has 0 spiro atoms. The average molecular weight is 335 g/mol. The largest absolute Gasteiger partial charge is 0.354 e. The lowest BCUT2D eigenvalue weighted by Gasteiger charge is -2.19. The summed E-state index contributed by atoms with van der Waals surface area (Å²) in [5, 5.41) is 3.90. The standard InChI is InChI=1S/C20H18FN3O/c21-14-8-9-18-16(12-14)19(23-15-6-2-1-3-7-15)17(13-22-18)20(25)24-10-4-5-11-24/h1-3,6-9,12-13H,4-5,10-11H2,(H,22,23). The molecule has 2 heterocycles. The number of fused-ring (bicyclic) bond motifs is 1. The number of carbonyl (C=O) groups excluding carboxylic acids is 1. The smallest absolute Gasteiger partial charge is 0.257 e. The van der Waals surface area contributed by atoms with Crippen LogP contribution in [-0.4, -0.2) is 28.9 Å². The Morgan fingerprint density at radius 3 is 2.60 bits per heavy atom. The maximum atomic E-state index is 13.8. The van der Waals surface area contributed by atoms with E-state index >= 15 is 0 Å². The second-order valence-corrected chi connectivity index (χ2v) is 6.20. The van der Waals surface area contributed by atoms with E-state index in [1.165, 1.54) is 12.1 Å². The zero-order valence-electron chi connectivity index (χ0n) is 13.7. The van der Waals surface area contributed by atoms with Crippen molar-refractivity contribution in [3.63, 3.8) is 0 Å². The van der Waals surface area contributed by atoms with Gasteiger partial charge in [-0.25, -0.2) is 4.39 Å². The fraction of sp³-hybridized carbons (Fsp3) is 0.200. The number of para-hydroxylation sites is 1. The Labute approximate surface area is 145 Å². The number of hydrogen-bond acceptors (Lipinski definition) is 3. The lowest BCUT2D eigenvalue weighted by atomic mass is 10.1. The number of nitrogens with one attached hydrogen (secondary N) is 1. The van der Waals surface area contributed by atoms with Gasteiger partial charge in [0.2, 0.25) is 0 Å². The minimum absolute atomic E-state index is 0.0606. The first-order valence-corrected chi connectivity index (χ1v) is 8.42. The predicted molar refractivity (Wildman–Crippen MR) is 96.6 cm³/mol. The summed E-state index contributed by atoms with van der Waals surface area (Å²) in [7, 11) is 0. The number of halogens is 1. The number of likely N-dealkylation sites (tertiary alicyclic amines) is 1. The van der Waals surface area contributed by atoms with Gasteiger partial charge < -0.3 is 10.2 Å². The maximum Gasteiger partial charge on any atom is 0.257 e. The number of nitrogens with zero attached hydrogens (tertiary/aromatic N) is 2. The molecule has 0 radical (unpaired) electrons. The van der Waals surface area contributed by atoms with Crippen LogP contribution in [0.4, 0.5) is 15.8 Å². The number of amides is 1. The van der Waals surface area contributed by atoms with E-state index in [0.29, 0.717) is 22.2 Å². The van der Waals surface area contributed by atoms with Gasteiger partial charge in [-0.3, -0.25) is 9.78 Å². The van der Waals surface area contributed by atoms with Crippen LogP contribution in [0.3, 0.4) is 0 Å². The first-order valence-electron chi connectivity index (χ1n) is 8.42. The van der Waals surface area contributed by atoms with Gasteiger partial charge in [0, 0.05) is 30.4 Å². The summed E-state index contributed by atoms with van der Waals surface area (Å²) < 4.78 is 13.8. The number of aromatic nitrogens is 1. The Bertz CT molecular complexity index is 921. The van der Waals surface area contributed by atoms with Crippen LogP contribution in [-0.2, 0) is 0 Å². The molecule has 5 heteroatoms. The van der Waals surface area contributed by atoms with Crippen molar-refractivity contribution in [2.24, 2.45) is 0 Å². The molecule has 126 valence electrons. The minimum atomic E-state index is -0.351. The van der Waals surface area contributed by atoms with Gasteiger partial charge in [0.05, 0.1) is 16.8 Å². The number of anilines is 2. The zero-order chi connectivity index (χ0) is 17.2. The molecule has 0 unspecified atom stereocenters. The predicted octanol–water partition coefficient (Wildman–Crippen LogP) is 4.35. The van der Waals surface area contributed by atoms with E-state index < -0.39 is 0 Å². The SMILES string of the molecule is O=C(c1cnc2ccc(F)cc2c1Nc1ccccc1)N1CCCC1.